The molecule has 2 aromatic rings. The van der Waals surface area contributed by atoms with Crippen LogP contribution in [0.15, 0.2) is 36.5 Å². The van der Waals surface area contributed by atoms with Crippen molar-refractivity contribution in [3.8, 4) is 5.75 Å². The molecule has 0 aliphatic heterocycles. The highest BCUT2D eigenvalue weighted by Gasteiger charge is 2.05. The van der Waals surface area contributed by atoms with E-state index in [1.165, 1.54) is 5.56 Å². The number of benzene rings is 1. The molecule has 0 spiro atoms. The zero-order valence-electron chi connectivity index (χ0n) is 12.6. The highest BCUT2D eigenvalue weighted by atomic mass is 16.5. The number of nitrogens with one attached hydrogen (secondary N) is 1. The maximum atomic E-state index is 5.82. The Labute approximate surface area is 120 Å². The Hall–Kier alpha value is -1.81. The van der Waals surface area contributed by atoms with Gasteiger partial charge >= 0.3 is 0 Å². The van der Waals surface area contributed by atoms with Crippen molar-refractivity contribution in [2.45, 2.75) is 39.5 Å². The third-order valence-electron chi connectivity index (χ3n) is 3.37. The Balaban J connectivity index is 1.99. The molecule has 0 aliphatic rings. The monoisotopic (exact) mass is 273 g/mol. The largest absolute Gasteiger partial charge is 0.487 e. The molecule has 1 atom stereocenters. The summed E-state index contributed by atoms with van der Waals surface area (Å²) in [6.07, 6.45) is 1.99. The molecule has 0 radical (unpaired) electrons. The first-order chi connectivity index (χ1) is 9.60. The third-order valence-corrected chi connectivity index (χ3v) is 3.37. The summed E-state index contributed by atoms with van der Waals surface area (Å²) < 4.78 is 7.76. The molecule has 0 amide bonds. The fourth-order valence-electron chi connectivity index (χ4n) is 1.94. The van der Waals surface area contributed by atoms with Crippen LogP contribution in [0.5, 0.6) is 5.75 Å². The summed E-state index contributed by atoms with van der Waals surface area (Å²) in [5.41, 5.74) is 2.17. The minimum absolute atomic E-state index is 0.318. The summed E-state index contributed by atoms with van der Waals surface area (Å²) in [5.74, 6) is 0.878. The van der Waals surface area contributed by atoms with E-state index in [0.717, 1.165) is 11.4 Å². The topological polar surface area (TPSA) is 39.1 Å². The molecule has 1 aromatic carbocycles. The van der Waals surface area contributed by atoms with Crippen molar-refractivity contribution in [3.63, 3.8) is 0 Å². The average Bonchev–Trinajstić information content (AvgIpc) is 2.93. The average molecular weight is 273 g/mol. The van der Waals surface area contributed by atoms with Gasteiger partial charge in [-0.3, -0.25) is 4.68 Å². The van der Waals surface area contributed by atoms with E-state index in [-0.39, 0.29) is 0 Å². The van der Waals surface area contributed by atoms with E-state index in [1.54, 1.807) is 0 Å². The highest BCUT2D eigenvalue weighted by Crippen LogP contribution is 2.19. The zero-order chi connectivity index (χ0) is 14.5. The number of hydrogen-bond acceptors (Lipinski definition) is 3. The van der Waals surface area contributed by atoms with Crippen LogP contribution in [-0.2, 0) is 6.61 Å². The van der Waals surface area contributed by atoms with Gasteiger partial charge in [-0.2, -0.15) is 5.10 Å². The SMILES string of the molecule is CNC(C)c1cccc(OCc2ccn(C(C)C)n2)c1. The van der Waals surface area contributed by atoms with Crippen LogP contribution in [0.2, 0.25) is 0 Å². The van der Waals surface area contributed by atoms with Gasteiger partial charge in [0.05, 0.1) is 5.69 Å². The van der Waals surface area contributed by atoms with Gasteiger partial charge in [0, 0.05) is 18.3 Å². The molecule has 0 fully saturated rings. The molecular weight excluding hydrogens is 250 g/mol. The second kappa shape index (κ2) is 6.57. The standard InChI is InChI=1S/C16H23N3O/c1-12(2)19-9-8-15(18-19)11-20-16-7-5-6-14(10-16)13(3)17-4/h5-10,12-13,17H,11H2,1-4H3. The predicted octanol–water partition coefficient (Wildman–Crippen LogP) is 3.32. The van der Waals surface area contributed by atoms with Crippen molar-refractivity contribution in [2.75, 3.05) is 7.05 Å². The maximum Gasteiger partial charge on any atom is 0.132 e. The van der Waals surface area contributed by atoms with Crippen molar-refractivity contribution in [2.24, 2.45) is 0 Å². The molecule has 4 heteroatoms. The lowest BCUT2D eigenvalue weighted by molar-refractivity contribution is 0.298. The molecule has 0 saturated heterocycles. The summed E-state index contributed by atoms with van der Waals surface area (Å²) in [6, 6.07) is 10.9. The van der Waals surface area contributed by atoms with Gasteiger partial charge in [0.15, 0.2) is 0 Å². The summed E-state index contributed by atoms with van der Waals surface area (Å²) in [5, 5.41) is 7.70. The van der Waals surface area contributed by atoms with E-state index in [0.29, 0.717) is 18.7 Å². The summed E-state index contributed by atoms with van der Waals surface area (Å²) >= 11 is 0. The first kappa shape index (κ1) is 14.6. The number of rotatable bonds is 6. The third kappa shape index (κ3) is 3.61. The highest BCUT2D eigenvalue weighted by molar-refractivity contribution is 5.30. The first-order valence-electron chi connectivity index (χ1n) is 7.04. The second-order valence-corrected chi connectivity index (χ2v) is 5.25. The Morgan fingerprint density at radius 3 is 2.70 bits per heavy atom. The maximum absolute atomic E-state index is 5.82. The van der Waals surface area contributed by atoms with Gasteiger partial charge in [-0.15, -0.1) is 0 Å². The van der Waals surface area contributed by atoms with Crippen molar-refractivity contribution in [3.05, 3.63) is 47.8 Å². The molecule has 1 aromatic heterocycles. The van der Waals surface area contributed by atoms with Gasteiger partial charge in [-0.05, 0) is 51.6 Å². The molecule has 1 heterocycles. The summed E-state index contributed by atoms with van der Waals surface area (Å²) in [4.78, 5) is 0. The van der Waals surface area contributed by atoms with E-state index in [2.05, 4.69) is 43.3 Å². The van der Waals surface area contributed by atoms with Crippen LogP contribution in [-0.4, -0.2) is 16.8 Å². The van der Waals surface area contributed by atoms with Crippen LogP contribution < -0.4 is 10.1 Å². The minimum Gasteiger partial charge on any atom is -0.487 e. The molecule has 1 unspecified atom stereocenters. The first-order valence-corrected chi connectivity index (χ1v) is 7.04. The molecule has 108 valence electrons. The van der Waals surface area contributed by atoms with E-state index in [9.17, 15) is 0 Å². The van der Waals surface area contributed by atoms with Gasteiger partial charge in [-0.1, -0.05) is 12.1 Å². The van der Waals surface area contributed by atoms with E-state index in [1.807, 2.05) is 36.1 Å². The fourth-order valence-corrected chi connectivity index (χ4v) is 1.94. The van der Waals surface area contributed by atoms with Crippen LogP contribution in [0.3, 0.4) is 0 Å². The summed E-state index contributed by atoms with van der Waals surface area (Å²) in [7, 11) is 1.96. The van der Waals surface area contributed by atoms with Crippen molar-refractivity contribution >= 4 is 0 Å². The Morgan fingerprint density at radius 2 is 2.05 bits per heavy atom. The normalized spacial score (nSPS) is 12.7. The Bertz CT molecular complexity index is 548. The van der Waals surface area contributed by atoms with Crippen LogP contribution in [0.1, 0.15) is 44.1 Å². The lowest BCUT2D eigenvalue weighted by Crippen LogP contribution is -2.12. The van der Waals surface area contributed by atoms with Crippen molar-refractivity contribution in [1.82, 2.24) is 15.1 Å². The van der Waals surface area contributed by atoms with E-state index >= 15 is 0 Å². The molecule has 0 bridgehead atoms. The van der Waals surface area contributed by atoms with Crippen LogP contribution >= 0.6 is 0 Å². The fraction of sp³-hybridized carbons (Fsp3) is 0.438. The van der Waals surface area contributed by atoms with Gasteiger partial charge in [0.25, 0.3) is 0 Å². The Morgan fingerprint density at radius 1 is 1.25 bits per heavy atom. The quantitative estimate of drug-likeness (QED) is 0.877. The minimum atomic E-state index is 0.318. The Kier molecular flexibility index (Phi) is 4.79. The van der Waals surface area contributed by atoms with E-state index in [4.69, 9.17) is 4.74 Å². The molecule has 0 aliphatic carbocycles. The molecule has 0 saturated carbocycles. The number of ether oxygens (including phenoxy) is 1. The zero-order valence-corrected chi connectivity index (χ0v) is 12.6. The molecule has 4 nitrogen and oxygen atoms in total. The molecule has 2 rings (SSSR count). The lowest BCUT2D eigenvalue weighted by Gasteiger charge is -2.12. The van der Waals surface area contributed by atoms with Crippen LogP contribution in [0, 0.1) is 0 Å². The molecular formula is C16H23N3O. The lowest BCUT2D eigenvalue weighted by atomic mass is 10.1. The number of aromatic nitrogens is 2. The van der Waals surface area contributed by atoms with Gasteiger partial charge in [-0.25, -0.2) is 0 Å². The molecule has 20 heavy (non-hydrogen) atoms. The van der Waals surface area contributed by atoms with Gasteiger partial charge in [0.2, 0.25) is 0 Å². The smallest absolute Gasteiger partial charge is 0.132 e. The van der Waals surface area contributed by atoms with E-state index < -0.39 is 0 Å². The number of hydrogen-bond donors (Lipinski definition) is 1. The van der Waals surface area contributed by atoms with Gasteiger partial charge < -0.3 is 10.1 Å². The number of nitrogens with zero attached hydrogens (tertiary/aromatic N) is 2. The van der Waals surface area contributed by atoms with Crippen molar-refractivity contribution < 1.29 is 4.74 Å². The van der Waals surface area contributed by atoms with Gasteiger partial charge in [0.1, 0.15) is 12.4 Å². The predicted molar refractivity (Wildman–Crippen MR) is 80.9 cm³/mol. The van der Waals surface area contributed by atoms with Crippen molar-refractivity contribution in [1.29, 1.82) is 0 Å². The van der Waals surface area contributed by atoms with Crippen LogP contribution in [0.25, 0.3) is 0 Å². The van der Waals surface area contributed by atoms with Crippen LogP contribution in [0.4, 0.5) is 0 Å². The second-order valence-electron chi connectivity index (χ2n) is 5.25. The molecule has 1 N–H and O–H groups in total. The summed E-state index contributed by atoms with van der Waals surface area (Å²) in [6.45, 7) is 6.85.